The van der Waals surface area contributed by atoms with E-state index in [1.807, 2.05) is 24.3 Å². The van der Waals surface area contributed by atoms with Gasteiger partial charge in [0, 0.05) is 18.3 Å². The average Bonchev–Trinajstić information content (AvgIpc) is 2.98. The third-order valence-electron chi connectivity index (χ3n) is 3.98. The Morgan fingerprint density at radius 1 is 1.05 bits per heavy atom. The van der Waals surface area contributed by atoms with E-state index in [0.29, 0.717) is 17.5 Å². The number of benzene rings is 2. The maximum absolute atomic E-state index is 12.7. The minimum absolute atomic E-state index is 0.0837. The molecule has 2 aromatic carbocycles. The third-order valence-corrected chi connectivity index (χ3v) is 3.98. The van der Waals surface area contributed by atoms with Crippen molar-refractivity contribution in [1.29, 1.82) is 0 Å². The van der Waals surface area contributed by atoms with Crippen LogP contribution in [0.25, 0.3) is 11.0 Å². The second kappa shape index (κ2) is 4.84. The number of hydrogen-bond donors (Lipinski definition) is 0. The number of amides is 1. The van der Waals surface area contributed by atoms with E-state index < -0.39 is 0 Å². The Kier molecular flexibility index (Phi) is 2.82. The lowest BCUT2D eigenvalue weighted by Gasteiger charge is -2.16. The van der Waals surface area contributed by atoms with E-state index >= 15 is 0 Å². The van der Waals surface area contributed by atoms with Crippen molar-refractivity contribution in [3.63, 3.8) is 0 Å². The molecular weight excluding hydrogens is 278 g/mol. The maximum atomic E-state index is 12.7. The third kappa shape index (κ3) is 1.92. The standard InChI is InChI=1S/C18H13NO3/c20-15-11-17(22-16-8-4-2-6-13(15)16)18(21)19-10-9-12-5-1-3-7-14(12)19/h1-8,11H,9-10H2. The number of rotatable bonds is 1. The Labute approximate surface area is 126 Å². The molecule has 1 amide bonds. The van der Waals surface area contributed by atoms with Crippen LogP contribution in [0.2, 0.25) is 0 Å². The molecular formula is C18H13NO3. The monoisotopic (exact) mass is 291 g/mol. The smallest absolute Gasteiger partial charge is 0.294 e. The largest absolute Gasteiger partial charge is 0.451 e. The molecule has 22 heavy (non-hydrogen) atoms. The SMILES string of the molecule is O=C(c1cc(=O)c2ccccc2o1)N1CCc2ccccc21. The molecule has 0 bridgehead atoms. The molecule has 0 unspecified atom stereocenters. The first-order valence-corrected chi connectivity index (χ1v) is 7.17. The van der Waals surface area contributed by atoms with E-state index in [1.165, 1.54) is 6.07 Å². The van der Waals surface area contributed by atoms with Crippen molar-refractivity contribution in [3.05, 3.63) is 76.1 Å². The number of nitrogens with zero attached hydrogens (tertiary/aromatic N) is 1. The molecule has 0 atom stereocenters. The highest BCUT2D eigenvalue weighted by molar-refractivity contribution is 6.06. The molecule has 4 rings (SSSR count). The van der Waals surface area contributed by atoms with Gasteiger partial charge >= 0.3 is 0 Å². The maximum Gasteiger partial charge on any atom is 0.294 e. The number of anilines is 1. The van der Waals surface area contributed by atoms with Crippen LogP contribution in [0, 0.1) is 0 Å². The first-order valence-electron chi connectivity index (χ1n) is 7.17. The molecule has 1 aliphatic rings. The van der Waals surface area contributed by atoms with Crippen molar-refractivity contribution in [2.45, 2.75) is 6.42 Å². The minimum Gasteiger partial charge on any atom is -0.451 e. The summed E-state index contributed by atoms with van der Waals surface area (Å²) >= 11 is 0. The minimum atomic E-state index is -0.271. The molecule has 2 heterocycles. The quantitative estimate of drug-likeness (QED) is 0.692. The van der Waals surface area contributed by atoms with Gasteiger partial charge < -0.3 is 9.32 Å². The Morgan fingerprint density at radius 3 is 2.73 bits per heavy atom. The average molecular weight is 291 g/mol. The summed E-state index contributed by atoms with van der Waals surface area (Å²) in [6, 6.07) is 16.0. The van der Waals surface area contributed by atoms with Gasteiger partial charge in [-0.05, 0) is 30.2 Å². The van der Waals surface area contributed by atoms with Gasteiger partial charge in [0.1, 0.15) is 5.58 Å². The molecule has 0 fully saturated rings. The molecule has 0 saturated heterocycles. The van der Waals surface area contributed by atoms with E-state index in [2.05, 4.69) is 0 Å². The van der Waals surface area contributed by atoms with Crippen LogP contribution in [0.3, 0.4) is 0 Å². The van der Waals surface area contributed by atoms with Crippen LogP contribution >= 0.6 is 0 Å². The lowest BCUT2D eigenvalue weighted by molar-refractivity contribution is 0.0963. The zero-order valence-electron chi connectivity index (χ0n) is 11.8. The van der Waals surface area contributed by atoms with Gasteiger partial charge in [0.2, 0.25) is 0 Å². The number of fused-ring (bicyclic) bond motifs is 2. The van der Waals surface area contributed by atoms with Gasteiger partial charge in [0.25, 0.3) is 5.91 Å². The van der Waals surface area contributed by atoms with E-state index in [4.69, 9.17) is 4.42 Å². The molecule has 1 aliphatic heterocycles. The van der Waals surface area contributed by atoms with Crippen LogP contribution in [0.1, 0.15) is 16.1 Å². The highest BCUT2D eigenvalue weighted by atomic mass is 16.3. The van der Waals surface area contributed by atoms with Crippen LogP contribution in [-0.2, 0) is 6.42 Å². The van der Waals surface area contributed by atoms with Crippen LogP contribution in [0.5, 0.6) is 0 Å². The molecule has 0 spiro atoms. The Bertz CT molecular complexity index is 942. The summed E-state index contributed by atoms with van der Waals surface area (Å²) in [7, 11) is 0. The lowest BCUT2D eigenvalue weighted by Crippen LogP contribution is -2.29. The van der Waals surface area contributed by atoms with Crippen molar-refractivity contribution in [2.75, 3.05) is 11.4 Å². The van der Waals surface area contributed by atoms with Crippen molar-refractivity contribution < 1.29 is 9.21 Å². The summed E-state index contributed by atoms with van der Waals surface area (Å²) in [6.07, 6.45) is 0.819. The van der Waals surface area contributed by atoms with E-state index in [0.717, 1.165) is 17.7 Å². The highest BCUT2D eigenvalue weighted by Crippen LogP contribution is 2.29. The van der Waals surface area contributed by atoms with Crippen molar-refractivity contribution in [2.24, 2.45) is 0 Å². The Balaban J connectivity index is 1.80. The highest BCUT2D eigenvalue weighted by Gasteiger charge is 2.27. The summed E-state index contributed by atoms with van der Waals surface area (Å²) < 4.78 is 5.64. The second-order valence-electron chi connectivity index (χ2n) is 5.31. The van der Waals surface area contributed by atoms with Gasteiger partial charge in [0.15, 0.2) is 11.2 Å². The summed E-state index contributed by atoms with van der Waals surface area (Å²) in [5.41, 5.74) is 2.27. The van der Waals surface area contributed by atoms with Crippen molar-refractivity contribution in [1.82, 2.24) is 0 Å². The van der Waals surface area contributed by atoms with Gasteiger partial charge in [-0.2, -0.15) is 0 Å². The van der Waals surface area contributed by atoms with E-state index in [9.17, 15) is 9.59 Å². The zero-order chi connectivity index (χ0) is 15.1. The number of para-hydroxylation sites is 2. The van der Waals surface area contributed by atoms with Crippen molar-refractivity contribution >= 4 is 22.6 Å². The number of hydrogen-bond acceptors (Lipinski definition) is 3. The van der Waals surface area contributed by atoms with Gasteiger partial charge in [-0.1, -0.05) is 30.3 Å². The Hall–Kier alpha value is -2.88. The van der Waals surface area contributed by atoms with Gasteiger partial charge in [-0.15, -0.1) is 0 Å². The summed E-state index contributed by atoms with van der Waals surface area (Å²) in [5, 5.41) is 0.487. The predicted octanol–water partition coefficient (Wildman–Crippen LogP) is 3.00. The van der Waals surface area contributed by atoms with Gasteiger partial charge in [-0.3, -0.25) is 9.59 Å². The number of carbonyl (C=O) groups excluding carboxylic acids is 1. The second-order valence-corrected chi connectivity index (χ2v) is 5.31. The molecule has 3 aromatic rings. The first kappa shape index (κ1) is 12.8. The molecule has 0 saturated carbocycles. The molecule has 0 aliphatic carbocycles. The van der Waals surface area contributed by atoms with Gasteiger partial charge in [-0.25, -0.2) is 0 Å². The summed E-state index contributed by atoms with van der Waals surface area (Å²) in [6.45, 7) is 0.606. The van der Waals surface area contributed by atoms with Crippen LogP contribution in [-0.4, -0.2) is 12.5 Å². The Morgan fingerprint density at radius 2 is 1.82 bits per heavy atom. The molecule has 4 heteroatoms. The zero-order valence-corrected chi connectivity index (χ0v) is 11.8. The molecule has 0 radical (unpaired) electrons. The topological polar surface area (TPSA) is 50.5 Å². The fourth-order valence-corrected chi connectivity index (χ4v) is 2.89. The predicted molar refractivity (Wildman–Crippen MR) is 84.3 cm³/mol. The number of carbonyl (C=O) groups is 1. The fourth-order valence-electron chi connectivity index (χ4n) is 2.89. The van der Waals surface area contributed by atoms with Gasteiger partial charge in [0.05, 0.1) is 5.39 Å². The van der Waals surface area contributed by atoms with E-state index in [-0.39, 0.29) is 17.1 Å². The molecule has 0 N–H and O–H groups in total. The van der Waals surface area contributed by atoms with E-state index in [1.54, 1.807) is 29.2 Å². The molecule has 1 aromatic heterocycles. The van der Waals surface area contributed by atoms with Crippen molar-refractivity contribution in [3.8, 4) is 0 Å². The lowest BCUT2D eigenvalue weighted by atomic mass is 10.2. The molecule has 4 nitrogen and oxygen atoms in total. The summed E-state index contributed by atoms with van der Waals surface area (Å²) in [5.74, 6) is -0.187. The van der Waals surface area contributed by atoms with Crippen LogP contribution < -0.4 is 10.3 Å². The van der Waals surface area contributed by atoms with Crippen LogP contribution in [0.4, 0.5) is 5.69 Å². The summed E-state index contributed by atoms with van der Waals surface area (Å²) in [4.78, 5) is 26.5. The molecule has 108 valence electrons. The fraction of sp³-hybridized carbons (Fsp3) is 0.111. The first-order chi connectivity index (χ1) is 10.7. The van der Waals surface area contributed by atoms with Crippen LogP contribution in [0.15, 0.2) is 63.8 Å². The normalized spacial score (nSPS) is 13.4.